The lowest BCUT2D eigenvalue weighted by molar-refractivity contribution is -0.127. The maximum absolute atomic E-state index is 13.4. The number of hydrogen-bond acceptors (Lipinski definition) is 5. The number of rotatable bonds is 6. The van der Waals surface area contributed by atoms with Crippen LogP contribution in [0.4, 0.5) is 0 Å². The third kappa shape index (κ3) is 3.04. The molecule has 2 aromatic rings. The highest BCUT2D eigenvalue weighted by atomic mass is 16.5. The van der Waals surface area contributed by atoms with Crippen LogP contribution in [0.1, 0.15) is 25.6 Å². The number of ether oxygens (including phenoxy) is 1. The van der Waals surface area contributed by atoms with Gasteiger partial charge in [0.05, 0.1) is 24.8 Å². The van der Waals surface area contributed by atoms with Crippen molar-refractivity contribution >= 4 is 5.91 Å². The first-order valence-electron chi connectivity index (χ1n) is 10.6. The van der Waals surface area contributed by atoms with Crippen molar-refractivity contribution in [3.05, 3.63) is 52.4 Å². The molecule has 0 unspecified atom stereocenters. The smallest absolute Gasteiger partial charge is 0.258 e. The first-order chi connectivity index (χ1) is 14.6. The number of likely N-dealkylation sites (N-methyl/N-ethyl adjacent to an activating group) is 2. The van der Waals surface area contributed by atoms with Crippen LogP contribution < -0.4 is 15.6 Å². The van der Waals surface area contributed by atoms with Gasteiger partial charge in [-0.2, -0.15) is 0 Å². The van der Waals surface area contributed by atoms with E-state index in [0.717, 1.165) is 11.3 Å². The fourth-order valence-electron chi connectivity index (χ4n) is 5.33. The van der Waals surface area contributed by atoms with Crippen molar-refractivity contribution in [1.82, 2.24) is 14.8 Å². The summed E-state index contributed by atoms with van der Waals surface area (Å²) in [5.74, 6) is 0.416. The van der Waals surface area contributed by atoms with E-state index in [1.54, 1.807) is 7.11 Å². The molecule has 4 rings (SSSR count). The Morgan fingerprint density at radius 1 is 1.20 bits per heavy atom. The predicted molar refractivity (Wildman–Crippen MR) is 114 cm³/mol. The SMILES string of the molecule is CCNC(=O)[C@H]1[C@H](CO)[C@H]2Cn3c(ccc(-c4ccccc4OC)c3=O)[C@H]2N1CC. The summed E-state index contributed by atoms with van der Waals surface area (Å²) >= 11 is 0. The summed E-state index contributed by atoms with van der Waals surface area (Å²) in [7, 11) is 1.60. The summed E-state index contributed by atoms with van der Waals surface area (Å²) in [6, 6.07) is 10.9. The van der Waals surface area contributed by atoms with Crippen LogP contribution in [0, 0.1) is 11.8 Å². The number of carbonyl (C=O) groups excluding carboxylic acids is 1. The topological polar surface area (TPSA) is 83.8 Å². The molecule has 1 fully saturated rings. The van der Waals surface area contributed by atoms with Crippen LogP contribution in [-0.4, -0.2) is 53.3 Å². The maximum Gasteiger partial charge on any atom is 0.258 e. The lowest BCUT2D eigenvalue weighted by Gasteiger charge is -2.29. The van der Waals surface area contributed by atoms with Crippen LogP contribution in [-0.2, 0) is 11.3 Å². The van der Waals surface area contributed by atoms with Gasteiger partial charge < -0.3 is 19.7 Å². The summed E-state index contributed by atoms with van der Waals surface area (Å²) in [4.78, 5) is 28.3. The summed E-state index contributed by atoms with van der Waals surface area (Å²) in [6.45, 7) is 5.56. The van der Waals surface area contributed by atoms with Gasteiger partial charge in [0, 0.05) is 42.8 Å². The van der Waals surface area contributed by atoms with Gasteiger partial charge in [0.2, 0.25) is 5.91 Å². The van der Waals surface area contributed by atoms with Crippen molar-refractivity contribution in [3.63, 3.8) is 0 Å². The highest BCUT2D eigenvalue weighted by Gasteiger charge is 2.54. The second kappa shape index (κ2) is 8.24. The average molecular weight is 412 g/mol. The molecule has 7 nitrogen and oxygen atoms in total. The normalized spacial score (nSPS) is 25.1. The molecule has 160 valence electrons. The Kier molecular flexibility index (Phi) is 5.66. The average Bonchev–Trinajstić information content (AvgIpc) is 3.29. The second-order valence-corrected chi connectivity index (χ2v) is 7.91. The van der Waals surface area contributed by atoms with E-state index in [4.69, 9.17) is 4.74 Å². The molecule has 0 bridgehead atoms. The van der Waals surface area contributed by atoms with Crippen LogP contribution >= 0.6 is 0 Å². The minimum absolute atomic E-state index is 0.0168. The molecule has 0 radical (unpaired) electrons. The second-order valence-electron chi connectivity index (χ2n) is 7.91. The first kappa shape index (κ1) is 20.6. The van der Waals surface area contributed by atoms with Crippen LogP contribution in [0.3, 0.4) is 0 Å². The zero-order valence-corrected chi connectivity index (χ0v) is 17.7. The van der Waals surface area contributed by atoms with Gasteiger partial charge in [0.1, 0.15) is 5.75 Å². The number of aromatic nitrogens is 1. The van der Waals surface area contributed by atoms with Crippen LogP contribution in [0.5, 0.6) is 5.75 Å². The van der Waals surface area contributed by atoms with Gasteiger partial charge in [-0.3, -0.25) is 14.5 Å². The number of para-hydroxylation sites is 1. The number of carbonyl (C=O) groups is 1. The van der Waals surface area contributed by atoms with Crippen molar-refractivity contribution in [3.8, 4) is 16.9 Å². The Hall–Kier alpha value is -2.64. The highest BCUT2D eigenvalue weighted by molar-refractivity contribution is 5.82. The van der Waals surface area contributed by atoms with Gasteiger partial charge in [0.15, 0.2) is 0 Å². The van der Waals surface area contributed by atoms with Crippen LogP contribution in [0.15, 0.2) is 41.2 Å². The maximum atomic E-state index is 13.4. The van der Waals surface area contributed by atoms with Crippen molar-refractivity contribution in [2.24, 2.45) is 11.8 Å². The summed E-state index contributed by atoms with van der Waals surface area (Å²) < 4.78 is 7.26. The molecule has 2 N–H and O–H groups in total. The van der Waals surface area contributed by atoms with E-state index in [1.807, 2.05) is 54.8 Å². The van der Waals surface area contributed by atoms with Gasteiger partial charge in [0.25, 0.3) is 5.56 Å². The van der Waals surface area contributed by atoms with E-state index in [-0.39, 0.29) is 42.0 Å². The molecule has 2 aliphatic heterocycles. The number of nitrogens with zero attached hydrogens (tertiary/aromatic N) is 2. The number of methoxy groups -OCH3 is 1. The van der Waals surface area contributed by atoms with E-state index in [0.29, 0.717) is 30.9 Å². The monoisotopic (exact) mass is 411 g/mol. The van der Waals surface area contributed by atoms with E-state index < -0.39 is 0 Å². The number of pyridine rings is 1. The van der Waals surface area contributed by atoms with Crippen molar-refractivity contribution < 1.29 is 14.6 Å². The Morgan fingerprint density at radius 2 is 1.97 bits per heavy atom. The van der Waals surface area contributed by atoms with Gasteiger partial charge in [-0.25, -0.2) is 0 Å². The third-order valence-corrected chi connectivity index (χ3v) is 6.57. The summed E-state index contributed by atoms with van der Waals surface area (Å²) in [5, 5.41) is 13.1. The summed E-state index contributed by atoms with van der Waals surface area (Å²) in [6.07, 6.45) is 0. The van der Waals surface area contributed by atoms with Gasteiger partial charge in [-0.15, -0.1) is 0 Å². The molecule has 1 saturated heterocycles. The fraction of sp³-hybridized carbons (Fsp3) is 0.478. The zero-order valence-electron chi connectivity index (χ0n) is 17.7. The van der Waals surface area contributed by atoms with Gasteiger partial charge >= 0.3 is 0 Å². The third-order valence-electron chi connectivity index (χ3n) is 6.57. The molecule has 0 aliphatic carbocycles. The van der Waals surface area contributed by atoms with Gasteiger partial charge in [-0.05, 0) is 31.7 Å². The number of benzene rings is 1. The molecule has 1 aromatic carbocycles. The van der Waals surface area contributed by atoms with Gasteiger partial charge in [-0.1, -0.05) is 25.1 Å². The van der Waals surface area contributed by atoms with Crippen LogP contribution in [0.2, 0.25) is 0 Å². The van der Waals surface area contributed by atoms with E-state index >= 15 is 0 Å². The molecule has 0 spiro atoms. The Balaban J connectivity index is 1.78. The minimum atomic E-state index is -0.382. The molecule has 4 atom stereocenters. The first-order valence-corrected chi connectivity index (χ1v) is 10.6. The largest absolute Gasteiger partial charge is 0.496 e. The lowest BCUT2D eigenvalue weighted by atomic mass is 9.88. The Labute approximate surface area is 176 Å². The van der Waals surface area contributed by atoms with Crippen molar-refractivity contribution in [2.45, 2.75) is 32.5 Å². The number of aliphatic hydroxyl groups is 1. The molecule has 30 heavy (non-hydrogen) atoms. The number of hydrogen-bond donors (Lipinski definition) is 2. The van der Waals surface area contributed by atoms with E-state index in [9.17, 15) is 14.7 Å². The molecule has 3 heterocycles. The highest BCUT2D eigenvalue weighted by Crippen LogP contribution is 2.49. The minimum Gasteiger partial charge on any atom is -0.496 e. The van der Waals surface area contributed by atoms with E-state index in [2.05, 4.69) is 10.2 Å². The zero-order chi connectivity index (χ0) is 21.4. The fourth-order valence-corrected chi connectivity index (χ4v) is 5.33. The molecule has 0 saturated carbocycles. The van der Waals surface area contributed by atoms with Crippen molar-refractivity contribution in [1.29, 1.82) is 0 Å². The van der Waals surface area contributed by atoms with Crippen molar-refractivity contribution in [2.75, 3.05) is 26.8 Å². The number of likely N-dealkylation sites (tertiary alicyclic amines) is 1. The van der Waals surface area contributed by atoms with E-state index in [1.165, 1.54) is 0 Å². The number of fused-ring (bicyclic) bond motifs is 3. The lowest BCUT2D eigenvalue weighted by Crippen LogP contribution is -2.48. The molecule has 1 amide bonds. The molecule has 1 aromatic heterocycles. The molecule has 7 heteroatoms. The quantitative estimate of drug-likeness (QED) is 0.755. The molecule has 2 aliphatic rings. The number of amides is 1. The van der Waals surface area contributed by atoms with Crippen LogP contribution in [0.25, 0.3) is 11.1 Å². The Bertz CT molecular complexity index is 1000. The molecular weight excluding hydrogens is 382 g/mol. The molecular formula is C23H29N3O4. The standard InChI is InChI=1S/C23H29N3O4/c1-4-24-22(28)21-17(13-27)16-12-26-18(20(16)25(21)5-2)11-10-15(23(26)29)14-8-6-7-9-19(14)30-3/h6-11,16-17,20-21,27H,4-5,12-13H2,1-3H3,(H,24,28)/t16-,17-,20+,21-/m1/s1. The number of aliphatic hydroxyl groups excluding tert-OH is 1. The Morgan fingerprint density at radius 3 is 2.63 bits per heavy atom. The predicted octanol–water partition coefficient (Wildman–Crippen LogP) is 1.64. The summed E-state index contributed by atoms with van der Waals surface area (Å²) in [5.41, 5.74) is 2.22. The number of nitrogens with one attached hydrogen (secondary N) is 1.